The first kappa shape index (κ1) is 13.2. The monoisotopic (exact) mass is 247 g/mol. The van der Waals surface area contributed by atoms with Gasteiger partial charge >= 0.3 is 0 Å². The van der Waals surface area contributed by atoms with Gasteiger partial charge in [0.05, 0.1) is 5.60 Å². The number of ether oxygens (including phenoxy) is 1. The van der Waals surface area contributed by atoms with E-state index in [-0.39, 0.29) is 11.4 Å². The number of Topliss-reactive ketones (excluding diaryl/α,β-unsaturated/α-hetero) is 1. The van der Waals surface area contributed by atoms with Gasteiger partial charge in [0.2, 0.25) is 0 Å². The van der Waals surface area contributed by atoms with Crippen LogP contribution in [-0.2, 0) is 11.2 Å². The van der Waals surface area contributed by atoms with Crippen molar-refractivity contribution in [3.05, 3.63) is 35.4 Å². The average molecular weight is 247 g/mol. The van der Waals surface area contributed by atoms with Gasteiger partial charge in [0.25, 0.3) is 0 Å². The largest absolute Gasteiger partial charge is 0.378 e. The van der Waals surface area contributed by atoms with Crippen molar-refractivity contribution >= 4 is 5.78 Å². The quantitative estimate of drug-likeness (QED) is 0.752. The number of carbonyl (C=O) groups excluding carboxylic acids is 1. The molecular formula is C15H21NO2. The highest BCUT2D eigenvalue weighted by Gasteiger charge is 2.42. The van der Waals surface area contributed by atoms with Crippen molar-refractivity contribution in [2.75, 3.05) is 13.7 Å². The zero-order valence-electron chi connectivity index (χ0n) is 10.9. The summed E-state index contributed by atoms with van der Waals surface area (Å²) in [6.45, 7) is 0.414. The lowest BCUT2D eigenvalue weighted by Crippen LogP contribution is -2.12. The molecule has 0 atom stereocenters. The first-order chi connectivity index (χ1) is 8.69. The molecule has 0 heterocycles. The SMILES string of the molecule is COC1(CCc2ccc(C(=O)CCN)cc2)CC1. The number of benzene rings is 1. The normalized spacial score (nSPS) is 16.6. The zero-order valence-corrected chi connectivity index (χ0v) is 10.9. The maximum atomic E-state index is 11.6. The topological polar surface area (TPSA) is 52.3 Å². The smallest absolute Gasteiger partial charge is 0.164 e. The summed E-state index contributed by atoms with van der Waals surface area (Å²) in [6.07, 6.45) is 4.86. The third-order valence-corrected chi connectivity index (χ3v) is 3.76. The molecule has 1 aromatic carbocycles. The molecule has 1 aliphatic carbocycles. The molecule has 1 aromatic rings. The average Bonchev–Trinajstić information content (AvgIpc) is 3.18. The van der Waals surface area contributed by atoms with Gasteiger partial charge in [-0.1, -0.05) is 24.3 Å². The minimum absolute atomic E-state index is 0.125. The lowest BCUT2D eigenvalue weighted by atomic mass is 10.0. The van der Waals surface area contributed by atoms with E-state index in [1.54, 1.807) is 7.11 Å². The van der Waals surface area contributed by atoms with Crippen molar-refractivity contribution in [1.82, 2.24) is 0 Å². The fraction of sp³-hybridized carbons (Fsp3) is 0.533. The Morgan fingerprint density at radius 2 is 2.00 bits per heavy atom. The minimum Gasteiger partial charge on any atom is -0.378 e. The predicted molar refractivity (Wildman–Crippen MR) is 71.7 cm³/mol. The molecular weight excluding hydrogens is 226 g/mol. The van der Waals surface area contributed by atoms with E-state index >= 15 is 0 Å². The molecule has 1 fully saturated rings. The second-order valence-electron chi connectivity index (χ2n) is 5.05. The standard InChI is InChI=1S/C15H21NO2/c1-18-15(9-10-15)8-6-12-2-4-13(5-3-12)14(17)7-11-16/h2-5H,6-11,16H2,1H3. The molecule has 0 bridgehead atoms. The van der Waals surface area contributed by atoms with Gasteiger partial charge in [-0.2, -0.15) is 0 Å². The maximum absolute atomic E-state index is 11.6. The van der Waals surface area contributed by atoms with Crippen LogP contribution in [0.2, 0.25) is 0 Å². The number of hydrogen-bond donors (Lipinski definition) is 1. The van der Waals surface area contributed by atoms with E-state index in [9.17, 15) is 4.79 Å². The molecule has 3 nitrogen and oxygen atoms in total. The van der Waals surface area contributed by atoms with Crippen molar-refractivity contribution in [2.45, 2.75) is 37.7 Å². The van der Waals surface area contributed by atoms with Gasteiger partial charge in [-0.25, -0.2) is 0 Å². The fourth-order valence-corrected chi connectivity index (χ4v) is 2.20. The van der Waals surface area contributed by atoms with Crippen LogP contribution in [0.3, 0.4) is 0 Å². The lowest BCUT2D eigenvalue weighted by molar-refractivity contribution is 0.0731. The van der Waals surface area contributed by atoms with Crippen LogP contribution in [0.5, 0.6) is 0 Å². The molecule has 0 aromatic heterocycles. The van der Waals surface area contributed by atoms with E-state index in [1.807, 2.05) is 24.3 Å². The predicted octanol–water partition coefficient (Wildman–Crippen LogP) is 2.33. The zero-order chi connectivity index (χ0) is 13.0. The van der Waals surface area contributed by atoms with E-state index in [1.165, 1.54) is 18.4 Å². The van der Waals surface area contributed by atoms with Gasteiger partial charge in [0.15, 0.2) is 5.78 Å². The molecule has 98 valence electrons. The summed E-state index contributed by atoms with van der Waals surface area (Å²) in [4.78, 5) is 11.6. The number of aryl methyl sites for hydroxylation is 1. The van der Waals surface area contributed by atoms with Crippen LogP contribution < -0.4 is 5.73 Å². The van der Waals surface area contributed by atoms with Crippen LogP contribution in [0, 0.1) is 0 Å². The van der Waals surface area contributed by atoms with Crippen molar-refractivity contribution in [3.8, 4) is 0 Å². The van der Waals surface area contributed by atoms with E-state index in [4.69, 9.17) is 10.5 Å². The Balaban J connectivity index is 1.89. The number of nitrogens with two attached hydrogens (primary N) is 1. The van der Waals surface area contributed by atoms with Crippen molar-refractivity contribution < 1.29 is 9.53 Å². The number of rotatable bonds is 7. The van der Waals surface area contributed by atoms with Gasteiger partial charge in [0.1, 0.15) is 0 Å². The Morgan fingerprint density at radius 1 is 1.33 bits per heavy atom. The fourth-order valence-electron chi connectivity index (χ4n) is 2.20. The van der Waals surface area contributed by atoms with Gasteiger partial charge in [0, 0.05) is 19.1 Å². The molecule has 0 amide bonds. The van der Waals surface area contributed by atoms with Crippen molar-refractivity contribution in [1.29, 1.82) is 0 Å². The number of ketones is 1. The minimum atomic E-state index is 0.125. The van der Waals surface area contributed by atoms with Crippen LogP contribution >= 0.6 is 0 Å². The molecule has 1 saturated carbocycles. The number of hydrogen-bond acceptors (Lipinski definition) is 3. The molecule has 0 saturated heterocycles. The summed E-state index contributed by atoms with van der Waals surface area (Å²) in [6, 6.07) is 7.88. The molecule has 0 aliphatic heterocycles. The third kappa shape index (κ3) is 3.18. The summed E-state index contributed by atoms with van der Waals surface area (Å²) in [7, 11) is 1.79. The lowest BCUT2D eigenvalue weighted by Gasteiger charge is -2.12. The highest BCUT2D eigenvalue weighted by atomic mass is 16.5. The van der Waals surface area contributed by atoms with Gasteiger partial charge in [-0.05, 0) is 37.8 Å². The molecule has 0 unspecified atom stereocenters. The number of carbonyl (C=O) groups is 1. The van der Waals surface area contributed by atoms with E-state index in [0.717, 1.165) is 18.4 Å². The molecule has 2 rings (SSSR count). The Hall–Kier alpha value is -1.19. The van der Waals surface area contributed by atoms with Gasteiger partial charge < -0.3 is 10.5 Å². The van der Waals surface area contributed by atoms with Gasteiger partial charge in [-0.15, -0.1) is 0 Å². The second-order valence-corrected chi connectivity index (χ2v) is 5.05. The van der Waals surface area contributed by atoms with Crippen molar-refractivity contribution in [2.24, 2.45) is 5.73 Å². The Bertz CT molecular complexity index is 407. The Labute approximate surface area is 108 Å². The molecule has 1 aliphatic rings. The summed E-state index contributed by atoms with van der Waals surface area (Å²) in [5.74, 6) is 0.125. The van der Waals surface area contributed by atoms with E-state index in [0.29, 0.717) is 13.0 Å². The molecule has 18 heavy (non-hydrogen) atoms. The van der Waals surface area contributed by atoms with Crippen LogP contribution in [0.4, 0.5) is 0 Å². The number of methoxy groups -OCH3 is 1. The van der Waals surface area contributed by atoms with E-state index in [2.05, 4.69) is 0 Å². The first-order valence-electron chi connectivity index (χ1n) is 6.56. The second kappa shape index (κ2) is 5.63. The molecule has 3 heteroatoms. The Morgan fingerprint density at radius 3 is 2.50 bits per heavy atom. The van der Waals surface area contributed by atoms with Crippen LogP contribution in [0.25, 0.3) is 0 Å². The maximum Gasteiger partial charge on any atom is 0.164 e. The first-order valence-corrected chi connectivity index (χ1v) is 6.56. The molecule has 0 spiro atoms. The summed E-state index contributed by atoms with van der Waals surface area (Å²) < 4.78 is 5.50. The highest BCUT2D eigenvalue weighted by molar-refractivity contribution is 5.96. The summed E-state index contributed by atoms with van der Waals surface area (Å²) >= 11 is 0. The van der Waals surface area contributed by atoms with Crippen LogP contribution in [0.15, 0.2) is 24.3 Å². The van der Waals surface area contributed by atoms with Crippen LogP contribution in [-0.4, -0.2) is 25.0 Å². The third-order valence-electron chi connectivity index (χ3n) is 3.76. The summed E-state index contributed by atoms with van der Waals surface area (Å²) in [5, 5.41) is 0. The van der Waals surface area contributed by atoms with Crippen molar-refractivity contribution in [3.63, 3.8) is 0 Å². The molecule has 2 N–H and O–H groups in total. The highest BCUT2D eigenvalue weighted by Crippen LogP contribution is 2.42. The van der Waals surface area contributed by atoms with E-state index < -0.39 is 0 Å². The summed E-state index contributed by atoms with van der Waals surface area (Å²) in [5.41, 5.74) is 7.55. The Kier molecular flexibility index (Phi) is 4.15. The van der Waals surface area contributed by atoms with Crippen LogP contribution in [0.1, 0.15) is 41.6 Å². The van der Waals surface area contributed by atoms with Gasteiger partial charge in [-0.3, -0.25) is 4.79 Å². The molecule has 0 radical (unpaired) electrons.